The van der Waals surface area contributed by atoms with Crippen LogP contribution in [0.15, 0.2) is 48.9 Å². The summed E-state index contributed by atoms with van der Waals surface area (Å²) in [6.07, 6.45) is 4.02. The van der Waals surface area contributed by atoms with Gasteiger partial charge in [-0.2, -0.15) is 0 Å². The number of aliphatic hydroxyl groups is 1. The number of hydrogen-bond acceptors (Lipinski definition) is 3. The molecular formula is C21H25N3O2. The Hall–Kier alpha value is -2.66. The predicted molar refractivity (Wildman–Crippen MR) is 103 cm³/mol. The van der Waals surface area contributed by atoms with Gasteiger partial charge in [-0.3, -0.25) is 4.79 Å². The van der Waals surface area contributed by atoms with Gasteiger partial charge in [-0.05, 0) is 29.2 Å². The van der Waals surface area contributed by atoms with Crippen molar-refractivity contribution in [2.75, 3.05) is 6.54 Å². The molecule has 3 aromatic rings. The number of fused-ring (bicyclic) bond motifs is 1. The van der Waals surface area contributed by atoms with Gasteiger partial charge in [-0.1, -0.05) is 51.1 Å². The summed E-state index contributed by atoms with van der Waals surface area (Å²) in [7, 11) is 0. The molecule has 0 radical (unpaired) electrons. The van der Waals surface area contributed by atoms with Gasteiger partial charge in [-0.25, -0.2) is 4.98 Å². The number of amides is 1. The van der Waals surface area contributed by atoms with Crippen LogP contribution in [0.1, 0.15) is 48.8 Å². The Morgan fingerprint density at radius 3 is 2.69 bits per heavy atom. The van der Waals surface area contributed by atoms with Gasteiger partial charge in [0, 0.05) is 17.7 Å². The highest BCUT2D eigenvalue weighted by Crippen LogP contribution is 2.41. The monoisotopic (exact) mass is 351 g/mol. The second-order valence-electron chi connectivity index (χ2n) is 6.85. The fourth-order valence-corrected chi connectivity index (χ4v) is 3.40. The molecule has 0 saturated carbocycles. The van der Waals surface area contributed by atoms with Crippen LogP contribution in [0.5, 0.6) is 0 Å². The maximum Gasteiger partial charge on any atom is 0.251 e. The average molecular weight is 351 g/mol. The molecule has 1 aromatic heterocycles. The van der Waals surface area contributed by atoms with Crippen molar-refractivity contribution in [3.63, 3.8) is 0 Å². The fraction of sp³-hybridized carbons (Fsp3) is 0.333. The number of nitrogens with zero attached hydrogens (tertiary/aromatic N) is 1. The second kappa shape index (κ2) is 7.30. The van der Waals surface area contributed by atoms with E-state index in [9.17, 15) is 9.90 Å². The highest BCUT2D eigenvalue weighted by Gasteiger charge is 2.40. The lowest BCUT2D eigenvalue weighted by Crippen LogP contribution is -2.37. The molecule has 0 aliphatic carbocycles. The van der Waals surface area contributed by atoms with E-state index in [4.69, 9.17) is 0 Å². The van der Waals surface area contributed by atoms with Crippen LogP contribution in [0.4, 0.5) is 0 Å². The molecule has 5 heteroatoms. The van der Waals surface area contributed by atoms with E-state index in [2.05, 4.69) is 15.3 Å². The molecule has 3 N–H and O–H groups in total. The standard InChI is InChI=1S/C21H25N3O2/c1-4-11-23-20(25)17-10-9-15-7-5-6-8-16(15)19(17)21(26,14(2)3)18-12-22-13-24-18/h5-10,12-14,26H,4,11H2,1-3H3,(H,22,24)(H,23,25). The zero-order valence-corrected chi connectivity index (χ0v) is 15.4. The molecule has 0 aliphatic heterocycles. The summed E-state index contributed by atoms with van der Waals surface area (Å²) in [5.41, 5.74) is 0.316. The van der Waals surface area contributed by atoms with E-state index in [-0.39, 0.29) is 11.8 Å². The molecule has 0 saturated heterocycles. The van der Waals surface area contributed by atoms with Crippen LogP contribution >= 0.6 is 0 Å². The summed E-state index contributed by atoms with van der Waals surface area (Å²) >= 11 is 0. The molecule has 0 spiro atoms. The third-order valence-corrected chi connectivity index (χ3v) is 4.83. The largest absolute Gasteiger partial charge is 0.378 e. The number of hydrogen-bond donors (Lipinski definition) is 3. The Balaban J connectivity index is 2.32. The molecule has 0 fully saturated rings. The molecule has 1 amide bonds. The van der Waals surface area contributed by atoms with E-state index < -0.39 is 5.60 Å². The van der Waals surface area contributed by atoms with Crippen LogP contribution < -0.4 is 5.32 Å². The van der Waals surface area contributed by atoms with Gasteiger partial charge >= 0.3 is 0 Å². The first-order valence-corrected chi connectivity index (χ1v) is 9.01. The van der Waals surface area contributed by atoms with Crippen molar-refractivity contribution < 1.29 is 9.90 Å². The number of H-pyrrole nitrogens is 1. The molecule has 2 aromatic carbocycles. The first-order valence-electron chi connectivity index (χ1n) is 9.01. The van der Waals surface area contributed by atoms with E-state index in [1.165, 1.54) is 0 Å². The van der Waals surface area contributed by atoms with Crippen LogP contribution in [0, 0.1) is 5.92 Å². The van der Waals surface area contributed by atoms with Gasteiger partial charge in [0.2, 0.25) is 0 Å². The average Bonchev–Trinajstić information content (AvgIpc) is 3.19. The molecular weight excluding hydrogens is 326 g/mol. The summed E-state index contributed by atoms with van der Waals surface area (Å²) in [5, 5.41) is 16.6. The number of nitrogens with one attached hydrogen (secondary N) is 2. The fourth-order valence-electron chi connectivity index (χ4n) is 3.40. The Labute approximate surface area is 153 Å². The van der Waals surface area contributed by atoms with E-state index in [0.29, 0.717) is 23.4 Å². The first kappa shape index (κ1) is 18.1. The minimum Gasteiger partial charge on any atom is -0.378 e. The number of carbonyl (C=O) groups is 1. The minimum atomic E-state index is -1.36. The maximum absolute atomic E-state index is 12.9. The highest BCUT2D eigenvalue weighted by molar-refractivity contribution is 6.02. The number of imidazole rings is 1. The molecule has 3 rings (SSSR count). The lowest BCUT2D eigenvalue weighted by Gasteiger charge is -2.34. The quantitative estimate of drug-likeness (QED) is 0.635. The summed E-state index contributed by atoms with van der Waals surface area (Å²) in [4.78, 5) is 20.0. The first-order chi connectivity index (χ1) is 12.5. The van der Waals surface area contributed by atoms with Gasteiger partial charge in [-0.15, -0.1) is 0 Å². The van der Waals surface area contributed by atoms with E-state index in [1.54, 1.807) is 18.6 Å². The van der Waals surface area contributed by atoms with Crippen LogP contribution in [0.25, 0.3) is 10.8 Å². The van der Waals surface area contributed by atoms with Crippen molar-refractivity contribution in [2.24, 2.45) is 5.92 Å². The van der Waals surface area contributed by atoms with E-state index in [0.717, 1.165) is 17.2 Å². The molecule has 1 unspecified atom stereocenters. The molecule has 26 heavy (non-hydrogen) atoms. The Morgan fingerprint density at radius 2 is 2.04 bits per heavy atom. The number of rotatable bonds is 6. The summed E-state index contributed by atoms with van der Waals surface area (Å²) in [6.45, 7) is 6.48. The van der Waals surface area contributed by atoms with Gasteiger partial charge in [0.05, 0.1) is 18.2 Å². The Bertz CT molecular complexity index is 903. The molecule has 136 valence electrons. The summed E-state index contributed by atoms with van der Waals surface area (Å²) in [5.74, 6) is -0.349. The van der Waals surface area contributed by atoms with Crippen LogP contribution in [-0.4, -0.2) is 27.5 Å². The van der Waals surface area contributed by atoms with Crippen LogP contribution in [-0.2, 0) is 5.60 Å². The number of aromatic amines is 1. The van der Waals surface area contributed by atoms with Gasteiger partial charge in [0.15, 0.2) is 0 Å². The number of carbonyl (C=O) groups excluding carboxylic acids is 1. The van der Waals surface area contributed by atoms with Crippen LogP contribution in [0.3, 0.4) is 0 Å². The normalized spacial score (nSPS) is 13.7. The smallest absolute Gasteiger partial charge is 0.251 e. The Morgan fingerprint density at radius 1 is 1.27 bits per heavy atom. The zero-order chi connectivity index (χ0) is 18.7. The third kappa shape index (κ3) is 2.99. The highest BCUT2D eigenvalue weighted by atomic mass is 16.3. The molecule has 1 atom stereocenters. The summed E-state index contributed by atoms with van der Waals surface area (Å²) < 4.78 is 0. The van der Waals surface area contributed by atoms with Crippen molar-refractivity contribution in [1.82, 2.24) is 15.3 Å². The van der Waals surface area contributed by atoms with Crippen molar-refractivity contribution in [2.45, 2.75) is 32.8 Å². The minimum absolute atomic E-state index is 0.175. The van der Waals surface area contributed by atoms with Gasteiger partial charge in [0.1, 0.15) is 5.60 Å². The Kier molecular flexibility index (Phi) is 5.09. The summed E-state index contributed by atoms with van der Waals surface area (Å²) in [6, 6.07) is 11.5. The van der Waals surface area contributed by atoms with Crippen molar-refractivity contribution >= 4 is 16.7 Å². The lowest BCUT2D eigenvalue weighted by molar-refractivity contribution is 0.0283. The topological polar surface area (TPSA) is 78.0 Å². The SMILES string of the molecule is CCCNC(=O)c1ccc2ccccc2c1C(O)(c1cnc[nH]1)C(C)C. The van der Waals surface area contributed by atoms with Crippen LogP contribution in [0.2, 0.25) is 0 Å². The molecule has 0 bridgehead atoms. The van der Waals surface area contributed by atoms with Crippen molar-refractivity contribution in [3.8, 4) is 0 Å². The zero-order valence-electron chi connectivity index (χ0n) is 15.4. The molecule has 0 aliphatic rings. The lowest BCUT2D eigenvalue weighted by atomic mass is 9.76. The molecule has 1 heterocycles. The predicted octanol–water partition coefficient (Wildman–Crippen LogP) is 3.59. The van der Waals surface area contributed by atoms with Crippen molar-refractivity contribution in [3.05, 3.63) is 65.7 Å². The van der Waals surface area contributed by atoms with E-state index in [1.807, 2.05) is 51.1 Å². The van der Waals surface area contributed by atoms with Gasteiger partial charge in [0.25, 0.3) is 5.91 Å². The second-order valence-corrected chi connectivity index (χ2v) is 6.85. The van der Waals surface area contributed by atoms with E-state index >= 15 is 0 Å². The third-order valence-electron chi connectivity index (χ3n) is 4.83. The molecule has 5 nitrogen and oxygen atoms in total. The number of aromatic nitrogens is 2. The maximum atomic E-state index is 12.9. The van der Waals surface area contributed by atoms with Gasteiger partial charge < -0.3 is 15.4 Å². The van der Waals surface area contributed by atoms with Crippen molar-refractivity contribution in [1.29, 1.82) is 0 Å². The number of benzene rings is 2.